The maximum atomic E-state index is 12.3. The lowest BCUT2D eigenvalue weighted by Gasteiger charge is -2.10. The quantitative estimate of drug-likeness (QED) is 0.354. The highest BCUT2D eigenvalue weighted by Crippen LogP contribution is 2.22. The number of hydrogen-bond donors (Lipinski definition) is 1. The van der Waals surface area contributed by atoms with E-state index < -0.39 is 0 Å². The maximum absolute atomic E-state index is 12.3. The van der Waals surface area contributed by atoms with Gasteiger partial charge < -0.3 is 9.47 Å². The van der Waals surface area contributed by atoms with Crippen molar-refractivity contribution in [1.29, 1.82) is 5.26 Å². The Morgan fingerprint density at radius 2 is 1.94 bits per heavy atom. The van der Waals surface area contributed by atoms with Crippen LogP contribution in [0.5, 0.6) is 11.5 Å². The van der Waals surface area contributed by atoms with Gasteiger partial charge in [-0.15, -0.1) is 0 Å². The van der Waals surface area contributed by atoms with E-state index in [0.717, 1.165) is 12.0 Å². The van der Waals surface area contributed by atoms with Gasteiger partial charge in [-0.25, -0.2) is 5.43 Å². The number of nitrogens with zero attached hydrogens (tertiary/aromatic N) is 2. The summed E-state index contributed by atoms with van der Waals surface area (Å²) in [5.41, 5.74) is 5.00. The van der Waals surface area contributed by atoms with Gasteiger partial charge in [-0.3, -0.25) is 4.79 Å². The molecule has 1 amide bonds. The predicted molar refractivity (Wildman–Crippen MR) is 124 cm³/mol. The van der Waals surface area contributed by atoms with Crippen LogP contribution in [-0.2, 0) is 6.61 Å². The van der Waals surface area contributed by atoms with E-state index in [9.17, 15) is 4.79 Å². The normalized spacial score (nSPS) is 10.5. The molecule has 0 aliphatic rings. The zero-order valence-corrected chi connectivity index (χ0v) is 18.3. The summed E-state index contributed by atoms with van der Waals surface area (Å²) in [5.74, 6) is 0.918. The number of halogens is 1. The Balaban J connectivity index is 1.64. The molecule has 7 heteroatoms. The summed E-state index contributed by atoms with van der Waals surface area (Å²) in [6.07, 6.45) is 2.39. The number of amides is 1. The summed E-state index contributed by atoms with van der Waals surface area (Å²) in [4.78, 5) is 12.3. The molecule has 0 unspecified atom stereocenters. The van der Waals surface area contributed by atoms with Gasteiger partial charge in [0.2, 0.25) is 0 Å². The van der Waals surface area contributed by atoms with Gasteiger partial charge in [0.05, 0.1) is 24.5 Å². The first-order valence-corrected chi connectivity index (χ1v) is 10.4. The van der Waals surface area contributed by atoms with Crippen LogP contribution < -0.4 is 14.9 Å². The smallest absolute Gasteiger partial charge is 0.271 e. The lowest BCUT2D eigenvalue weighted by atomic mass is 10.1. The van der Waals surface area contributed by atoms with Crippen molar-refractivity contribution in [3.63, 3.8) is 0 Å². The van der Waals surface area contributed by atoms with Crippen LogP contribution in [0.15, 0.2) is 71.8 Å². The Hall–Kier alpha value is -3.82. The zero-order valence-electron chi connectivity index (χ0n) is 17.5. The molecule has 0 fully saturated rings. The highest BCUT2D eigenvalue weighted by atomic mass is 35.5. The summed E-state index contributed by atoms with van der Waals surface area (Å²) in [7, 11) is 0. The van der Waals surface area contributed by atoms with Crippen LogP contribution in [0.4, 0.5) is 0 Å². The van der Waals surface area contributed by atoms with Crippen LogP contribution >= 0.6 is 11.6 Å². The molecule has 0 radical (unpaired) electrons. The van der Waals surface area contributed by atoms with Crippen LogP contribution in [0.3, 0.4) is 0 Å². The third-order valence-electron chi connectivity index (χ3n) is 4.38. The van der Waals surface area contributed by atoms with E-state index in [1.54, 1.807) is 60.7 Å². The lowest BCUT2D eigenvalue weighted by Crippen LogP contribution is -2.17. The third kappa shape index (κ3) is 6.59. The molecule has 0 spiro atoms. The van der Waals surface area contributed by atoms with Gasteiger partial charge in [0.1, 0.15) is 18.1 Å². The number of hydrogen-bond acceptors (Lipinski definition) is 5. The fourth-order valence-electron chi connectivity index (χ4n) is 2.79. The van der Waals surface area contributed by atoms with Crippen LogP contribution in [0.2, 0.25) is 5.02 Å². The SMILES string of the molecule is CCCOc1ccc(C(=O)N/N=C/c2cc(Cl)ccc2OCc2cccc(C#N)c2)cc1. The molecule has 6 nitrogen and oxygen atoms in total. The van der Waals surface area contributed by atoms with Gasteiger partial charge in [0.15, 0.2) is 0 Å². The molecule has 32 heavy (non-hydrogen) atoms. The molecule has 3 aromatic carbocycles. The van der Waals surface area contributed by atoms with E-state index in [1.165, 1.54) is 6.21 Å². The molecule has 162 valence electrons. The van der Waals surface area contributed by atoms with Crippen LogP contribution in [-0.4, -0.2) is 18.7 Å². The van der Waals surface area contributed by atoms with Gasteiger partial charge in [0.25, 0.3) is 5.91 Å². The number of benzene rings is 3. The van der Waals surface area contributed by atoms with Crippen molar-refractivity contribution >= 4 is 23.7 Å². The van der Waals surface area contributed by atoms with Crippen LogP contribution in [0, 0.1) is 11.3 Å². The number of carbonyl (C=O) groups is 1. The summed E-state index contributed by atoms with van der Waals surface area (Å²) in [5, 5.41) is 13.6. The van der Waals surface area contributed by atoms with Crippen molar-refractivity contribution in [1.82, 2.24) is 5.43 Å². The number of hydrazone groups is 1. The van der Waals surface area contributed by atoms with E-state index in [1.807, 2.05) is 13.0 Å². The predicted octanol–water partition coefficient (Wildman–Crippen LogP) is 5.34. The number of nitrogens with one attached hydrogen (secondary N) is 1. The van der Waals surface area contributed by atoms with Crippen molar-refractivity contribution in [2.75, 3.05) is 6.61 Å². The second-order valence-electron chi connectivity index (χ2n) is 6.85. The molecular weight excluding hydrogens is 426 g/mol. The number of ether oxygens (including phenoxy) is 2. The topological polar surface area (TPSA) is 83.7 Å². The van der Waals surface area contributed by atoms with Crippen LogP contribution in [0.1, 0.15) is 40.4 Å². The van der Waals surface area contributed by atoms with Crippen molar-refractivity contribution < 1.29 is 14.3 Å². The molecular formula is C25H22ClN3O3. The highest BCUT2D eigenvalue weighted by molar-refractivity contribution is 6.30. The zero-order chi connectivity index (χ0) is 22.8. The fourth-order valence-corrected chi connectivity index (χ4v) is 2.97. The Labute approximate surface area is 192 Å². The average molecular weight is 448 g/mol. The number of carbonyl (C=O) groups excluding carboxylic acids is 1. The summed E-state index contributed by atoms with van der Waals surface area (Å²) in [6.45, 7) is 2.93. The summed E-state index contributed by atoms with van der Waals surface area (Å²) < 4.78 is 11.4. The van der Waals surface area contributed by atoms with E-state index in [0.29, 0.717) is 39.8 Å². The molecule has 0 aliphatic heterocycles. The monoisotopic (exact) mass is 447 g/mol. The largest absolute Gasteiger partial charge is 0.494 e. The van der Waals surface area contributed by atoms with Crippen molar-refractivity contribution in [3.8, 4) is 17.6 Å². The van der Waals surface area contributed by atoms with Gasteiger partial charge in [-0.05, 0) is 66.6 Å². The van der Waals surface area contributed by atoms with Crippen molar-refractivity contribution in [2.45, 2.75) is 20.0 Å². The van der Waals surface area contributed by atoms with E-state index in [4.69, 9.17) is 26.3 Å². The van der Waals surface area contributed by atoms with Gasteiger partial charge in [-0.2, -0.15) is 10.4 Å². The first-order chi connectivity index (χ1) is 15.6. The average Bonchev–Trinajstić information content (AvgIpc) is 2.82. The second kappa shape index (κ2) is 11.5. The van der Waals surface area contributed by atoms with E-state index in [-0.39, 0.29) is 12.5 Å². The Morgan fingerprint density at radius 3 is 2.69 bits per heavy atom. The molecule has 0 atom stereocenters. The molecule has 0 aromatic heterocycles. The van der Waals surface area contributed by atoms with Crippen molar-refractivity contribution in [3.05, 3.63) is 94.0 Å². The second-order valence-corrected chi connectivity index (χ2v) is 7.29. The standard InChI is InChI=1S/C25H22ClN3O3/c1-2-12-31-23-9-6-20(7-10-23)25(30)29-28-16-21-14-22(26)8-11-24(21)32-17-19-5-3-4-18(13-19)15-27/h3-11,13-14,16H,2,12,17H2,1H3,(H,29,30)/b28-16+. The van der Waals surface area contributed by atoms with E-state index in [2.05, 4.69) is 16.6 Å². The van der Waals surface area contributed by atoms with E-state index >= 15 is 0 Å². The molecule has 3 aromatic rings. The molecule has 0 aliphatic carbocycles. The van der Waals surface area contributed by atoms with Crippen molar-refractivity contribution in [2.24, 2.45) is 5.10 Å². The van der Waals surface area contributed by atoms with Gasteiger partial charge in [0, 0.05) is 16.1 Å². The molecule has 0 bridgehead atoms. The van der Waals surface area contributed by atoms with Crippen LogP contribution in [0.25, 0.3) is 0 Å². The molecule has 3 rings (SSSR count). The fraction of sp³-hybridized carbons (Fsp3) is 0.160. The summed E-state index contributed by atoms with van der Waals surface area (Å²) >= 11 is 6.11. The minimum Gasteiger partial charge on any atom is -0.494 e. The Morgan fingerprint density at radius 1 is 1.12 bits per heavy atom. The minimum absolute atomic E-state index is 0.275. The van der Waals surface area contributed by atoms with Gasteiger partial charge in [-0.1, -0.05) is 30.7 Å². The Kier molecular flexibility index (Phi) is 8.24. The molecule has 1 N–H and O–H groups in total. The molecule has 0 heterocycles. The lowest BCUT2D eigenvalue weighted by molar-refractivity contribution is 0.0955. The number of rotatable bonds is 9. The van der Waals surface area contributed by atoms with Gasteiger partial charge >= 0.3 is 0 Å². The first kappa shape index (κ1) is 22.9. The number of nitriles is 1. The molecule has 0 saturated heterocycles. The summed E-state index contributed by atoms with van der Waals surface area (Å²) in [6, 6.07) is 21.3. The highest BCUT2D eigenvalue weighted by Gasteiger charge is 2.07. The molecule has 0 saturated carbocycles. The Bertz CT molecular complexity index is 1140. The maximum Gasteiger partial charge on any atom is 0.271 e. The third-order valence-corrected chi connectivity index (χ3v) is 4.62. The minimum atomic E-state index is -0.346. The first-order valence-electron chi connectivity index (χ1n) is 10.1.